The molecule has 2 fully saturated rings. The van der Waals surface area contributed by atoms with Crippen LogP contribution in [0.25, 0.3) is 0 Å². The highest BCUT2D eigenvalue weighted by molar-refractivity contribution is 6.22. The molecule has 35 heavy (non-hydrogen) atoms. The molecule has 2 aliphatic heterocycles. The van der Waals surface area contributed by atoms with Crippen molar-refractivity contribution in [2.24, 2.45) is 17.8 Å². The number of benzene rings is 2. The van der Waals surface area contributed by atoms with E-state index in [2.05, 4.69) is 0 Å². The van der Waals surface area contributed by atoms with Crippen LogP contribution in [0.5, 0.6) is 11.5 Å². The van der Waals surface area contributed by atoms with Gasteiger partial charge in [0.2, 0.25) is 17.7 Å². The molecule has 3 atom stereocenters. The Kier molecular flexibility index (Phi) is 5.88. The molecule has 3 amide bonds. The van der Waals surface area contributed by atoms with Crippen molar-refractivity contribution in [3.63, 3.8) is 0 Å². The average molecular weight is 475 g/mol. The van der Waals surface area contributed by atoms with Gasteiger partial charge in [0.25, 0.3) is 0 Å². The first-order valence-electron chi connectivity index (χ1n) is 11.7. The molecule has 2 heterocycles. The van der Waals surface area contributed by atoms with Gasteiger partial charge in [-0.25, -0.2) is 4.90 Å². The number of aryl methyl sites for hydroxylation is 1. The maximum Gasteiger partial charge on any atom is 0.316 e. The Morgan fingerprint density at radius 1 is 0.914 bits per heavy atom. The Bertz CT molecular complexity index is 1210. The highest BCUT2D eigenvalue weighted by atomic mass is 16.5. The smallest absolute Gasteiger partial charge is 0.316 e. The molecule has 8 nitrogen and oxygen atoms in total. The van der Waals surface area contributed by atoms with Gasteiger partial charge in [0.15, 0.2) is 0 Å². The minimum absolute atomic E-state index is 0.0650. The van der Waals surface area contributed by atoms with Gasteiger partial charge in [-0.2, -0.15) is 0 Å². The van der Waals surface area contributed by atoms with Crippen molar-refractivity contribution in [2.45, 2.75) is 26.2 Å². The van der Waals surface area contributed by atoms with E-state index < -0.39 is 11.9 Å². The molecule has 0 aromatic heterocycles. The van der Waals surface area contributed by atoms with Crippen LogP contribution in [0.3, 0.4) is 0 Å². The van der Waals surface area contributed by atoms with Crippen LogP contribution in [-0.2, 0) is 19.2 Å². The van der Waals surface area contributed by atoms with Gasteiger partial charge >= 0.3 is 5.97 Å². The van der Waals surface area contributed by atoms with Gasteiger partial charge in [0.05, 0.1) is 30.6 Å². The minimum Gasteiger partial charge on any atom is -0.497 e. The number of carbonyl (C=O) groups excluding carboxylic acids is 4. The third kappa shape index (κ3) is 4.09. The summed E-state index contributed by atoms with van der Waals surface area (Å²) < 4.78 is 10.7. The number of rotatable bonds is 5. The second-order valence-electron chi connectivity index (χ2n) is 9.14. The Morgan fingerprint density at radius 3 is 2.14 bits per heavy atom. The number of anilines is 2. The number of fused-ring (bicyclic) bond motifs is 1. The van der Waals surface area contributed by atoms with E-state index in [4.69, 9.17) is 9.47 Å². The van der Waals surface area contributed by atoms with Gasteiger partial charge in [0, 0.05) is 18.7 Å². The van der Waals surface area contributed by atoms with Crippen molar-refractivity contribution >= 4 is 35.1 Å². The summed E-state index contributed by atoms with van der Waals surface area (Å²) in [5, 5.41) is 0. The Morgan fingerprint density at radius 2 is 1.54 bits per heavy atom. The number of hydrogen-bond donors (Lipinski definition) is 0. The quantitative estimate of drug-likeness (QED) is 0.285. The molecule has 0 radical (unpaired) electrons. The summed E-state index contributed by atoms with van der Waals surface area (Å²) in [6.07, 6.45) is 5.13. The lowest BCUT2D eigenvalue weighted by atomic mass is 9.85. The third-order valence-corrected chi connectivity index (χ3v) is 6.98. The van der Waals surface area contributed by atoms with Crippen LogP contribution in [0.2, 0.25) is 0 Å². The predicted molar refractivity (Wildman–Crippen MR) is 128 cm³/mol. The Labute approximate surface area is 203 Å². The molecule has 2 saturated heterocycles. The first-order chi connectivity index (χ1) is 16.9. The third-order valence-electron chi connectivity index (χ3n) is 6.98. The van der Waals surface area contributed by atoms with E-state index in [-0.39, 0.29) is 42.5 Å². The number of ether oxygens (including phenoxy) is 2. The molecular weight excluding hydrogens is 448 g/mol. The molecule has 8 heteroatoms. The standard InChI is InChI=1S/C27H26N2O6/c1-16-13-20(11-12-23(16)29-25(31)21-5-3-4-6-22(21)26(29)32)35-27(33)17-14-24(30)28(15-17)18-7-9-19(34-2)10-8-18/h3-4,7-13,17,21-22H,5-6,14-15H2,1-2H3/t17-,21+,22+/m1/s1. The van der Waals surface area contributed by atoms with Crippen LogP contribution in [0.15, 0.2) is 54.6 Å². The SMILES string of the molecule is COc1ccc(N2C[C@H](C(=O)Oc3ccc(N4C(=O)[C@H]5CC=CC[C@@H]5C4=O)c(C)c3)CC2=O)cc1. The summed E-state index contributed by atoms with van der Waals surface area (Å²) in [4.78, 5) is 54.0. The Hall–Kier alpha value is -3.94. The molecule has 0 spiro atoms. The summed E-state index contributed by atoms with van der Waals surface area (Å²) in [6, 6.07) is 12.0. The molecule has 0 N–H and O–H groups in total. The first-order valence-corrected chi connectivity index (χ1v) is 11.7. The fraction of sp³-hybridized carbons (Fsp3) is 0.333. The summed E-state index contributed by atoms with van der Waals surface area (Å²) in [5.74, 6) is -1.22. The van der Waals surface area contributed by atoms with Gasteiger partial charge in [-0.3, -0.25) is 19.2 Å². The lowest BCUT2D eigenvalue weighted by Gasteiger charge is -2.19. The highest BCUT2D eigenvalue weighted by Gasteiger charge is 2.48. The fourth-order valence-corrected chi connectivity index (χ4v) is 5.06. The zero-order valence-electron chi connectivity index (χ0n) is 19.6. The van der Waals surface area contributed by atoms with Crippen molar-refractivity contribution in [1.29, 1.82) is 0 Å². The first kappa shape index (κ1) is 22.8. The van der Waals surface area contributed by atoms with Crippen LogP contribution in [0.1, 0.15) is 24.8 Å². The zero-order chi connectivity index (χ0) is 24.7. The summed E-state index contributed by atoms with van der Waals surface area (Å²) >= 11 is 0. The van der Waals surface area contributed by atoms with Gasteiger partial charge in [-0.05, 0) is 67.8 Å². The number of carbonyl (C=O) groups is 4. The average Bonchev–Trinajstić information content (AvgIpc) is 3.37. The van der Waals surface area contributed by atoms with E-state index >= 15 is 0 Å². The second-order valence-corrected chi connectivity index (χ2v) is 9.14. The summed E-state index contributed by atoms with van der Waals surface area (Å²) in [5.41, 5.74) is 1.86. The van der Waals surface area contributed by atoms with Crippen molar-refractivity contribution in [3.05, 3.63) is 60.2 Å². The van der Waals surface area contributed by atoms with Gasteiger partial charge in [0.1, 0.15) is 11.5 Å². The molecule has 1 aliphatic carbocycles. The molecule has 0 bridgehead atoms. The molecule has 2 aromatic rings. The number of allylic oxidation sites excluding steroid dienone is 2. The predicted octanol–water partition coefficient (Wildman–Crippen LogP) is 3.42. The van der Waals surface area contributed by atoms with Crippen molar-refractivity contribution in [1.82, 2.24) is 0 Å². The van der Waals surface area contributed by atoms with Crippen molar-refractivity contribution in [3.8, 4) is 11.5 Å². The molecule has 5 rings (SSSR count). The fourth-order valence-electron chi connectivity index (χ4n) is 5.06. The molecule has 2 aromatic carbocycles. The van der Waals surface area contributed by atoms with Gasteiger partial charge in [-0.1, -0.05) is 12.2 Å². The largest absolute Gasteiger partial charge is 0.497 e. The number of methoxy groups -OCH3 is 1. The summed E-state index contributed by atoms with van der Waals surface area (Å²) in [6.45, 7) is 2.01. The molecule has 0 unspecified atom stereocenters. The highest BCUT2D eigenvalue weighted by Crippen LogP contribution is 2.39. The normalized spacial score (nSPS) is 23.6. The van der Waals surface area contributed by atoms with Crippen LogP contribution in [0.4, 0.5) is 11.4 Å². The number of amides is 3. The maximum atomic E-state index is 12.9. The van der Waals surface area contributed by atoms with E-state index in [9.17, 15) is 19.2 Å². The Balaban J connectivity index is 1.27. The number of imide groups is 1. The van der Waals surface area contributed by atoms with Gasteiger partial charge in [-0.15, -0.1) is 0 Å². The molecular formula is C27H26N2O6. The monoisotopic (exact) mass is 474 g/mol. The van der Waals surface area contributed by atoms with Crippen LogP contribution < -0.4 is 19.3 Å². The molecule has 180 valence electrons. The number of hydrogen-bond acceptors (Lipinski definition) is 6. The number of esters is 1. The van der Waals surface area contributed by atoms with E-state index in [1.807, 2.05) is 12.2 Å². The summed E-state index contributed by atoms with van der Waals surface area (Å²) in [7, 11) is 1.57. The van der Waals surface area contributed by atoms with Gasteiger partial charge < -0.3 is 14.4 Å². The second kappa shape index (κ2) is 9.02. The zero-order valence-corrected chi connectivity index (χ0v) is 19.6. The van der Waals surface area contributed by atoms with Crippen LogP contribution in [0, 0.1) is 24.7 Å². The van der Waals surface area contributed by atoms with E-state index in [1.54, 1.807) is 61.4 Å². The minimum atomic E-state index is -0.595. The van der Waals surface area contributed by atoms with Crippen molar-refractivity contribution < 1.29 is 28.7 Å². The topological polar surface area (TPSA) is 93.2 Å². The van der Waals surface area contributed by atoms with E-state index in [0.29, 0.717) is 41.3 Å². The lowest BCUT2D eigenvalue weighted by Crippen LogP contribution is -2.31. The van der Waals surface area contributed by atoms with E-state index in [1.165, 1.54) is 4.90 Å². The van der Waals surface area contributed by atoms with Crippen molar-refractivity contribution in [2.75, 3.05) is 23.5 Å². The van der Waals surface area contributed by atoms with E-state index in [0.717, 1.165) is 0 Å². The van der Waals surface area contributed by atoms with Crippen LogP contribution >= 0.6 is 0 Å². The molecule has 0 saturated carbocycles. The lowest BCUT2D eigenvalue weighted by molar-refractivity contribution is -0.139. The maximum absolute atomic E-state index is 12.9. The van der Waals surface area contributed by atoms with Crippen LogP contribution in [-0.4, -0.2) is 37.3 Å². The number of nitrogens with zero attached hydrogens (tertiary/aromatic N) is 2. The molecule has 3 aliphatic rings.